The largest absolute Gasteiger partial charge is 0.497 e. The molecular weight excluding hydrogens is 444 g/mol. The number of anilines is 1. The van der Waals surface area contributed by atoms with Gasteiger partial charge in [0.15, 0.2) is 0 Å². The summed E-state index contributed by atoms with van der Waals surface area (Å²) in [5, 5.41) is 0. The number of likely N-dealkylation sites (tertiary alicyclic amines) is 1. The molecule has 35 heavy (non-hydrogen) atoms. The molecule has 0 N–H and O–H groups in total. The summed E-state index contributed by atoms with van der Waals surface area (Å²) in [7, 11) is 7.31. The van der Waals surface area contributed by atoms with Gasteiger partial charge in [-0.2, -0.15) is 0 Å². The van der Waals surface area contributed by atoms with Crippen molar-refractivity contribution in [3.8, 4) is 5.75 Å². The normalized spacial score (nSPS) is 17.9. The molecular formula is C27H36N4O4. The minimum Gasteiger partial charge on any atom is -0.497 e. The first kappa shape index (κ1) is 25.0. The first-order valence-electron chi connectivity index (χ1n) is 12.1. The summed E-state index contributed by atoms with van der Waals surface area (Å²) in [6.45, 7) is 3.37. The first-order valence-corrected chi connectivity index (χ1v) is 12.1. The van der Waals surface area contributed by atoms with Gasteiger partial charge in [0, 0.05) is 53.1 Å². The predicted octanol–water partition coefficient (Wildman–Crippen LogP) is 3.21. The quantitative estimate of drug-likeness (QED) is 0.514. The zero-order valence-corrected chi connectivity index (χ0v) is 21.2. The molecule has 0 aliphatic carbocycles. The van der Waals surface area contributed by atoms with E-state index in [1.54, 1.807) is 19.1 Å². The van der Waals surface area contributed by atoms with E-state index >= 15 is 0 Å². The minimum absolute atomic E-state index is 0.101. The van der Waals surface area contributed by atoms with Crippen LogP contribution in [0.4, 0.5) is 10.5 Å². The SMILES string of the molecule is COCCN1C(=O)N(Cc2cccc(OC)c2)C(=O)C12CCN(Cc1cccc(N(C)C)c1)CC2. The highest BCUT2D eigenvalue weighted by Crippen LogP contribution is 2.38. The van der Waals surface area contributed by atoms with Gasteiger partial charge in [-0.05, 0) is 48.2 Å². The number of carbonyl (C=O) groups is 2. The standard InChI is InChI=1S/C27H36N4O4/c1-28(2)23-9-5-7-21(17-23)19-29-13-11-27(12-14-29)25(32)30(26(33)31(27)15-16-34-3)20-22-8-6-10-24(18-22)35-4/h5-10,17-18H,11-16,19-20H2,1-4H3. The van der Waals surface area contributed by atoms with Gasteiger partial charge in [0.2, 0.25) is 0 Å². The van der Waals surface area contributed by atoms with Crippen LogP contribution in [0, 0.1) is 0 Å². The van der Waals surface area contributed by atoms with Crippen molar-refractivity contribution in [3.05, 3.63) is 59.7 Å². The van der Waals surface area contributed by atoms with Crippen LogP contribution in [0.5, 0.6) is 5.75 Å². The number of ether oxygens (including phenoxy) is 2. The Morgan fingerprint density at radius 3 is 2.29 bits per heavy atom. The van der Waals surface area contributed by atoms with Crippen LogP contribution in [0.3, 0.4) is 0 Å². The Morgan fingerprint density at radius 2 is 1.63 bits per heavy atom. The van der Waals surface area contributed by atoms with E-state index in [1.165, 1.54) is 16.2 Å². The highest BCUT2D eigenvalue weighted by molar-refractivity contribution is 6.07. The maximum atomic E-state index is 13.8. The summed E-state index contributed by atoms with van der Waals surface area (Å²) < 4.78 is 10.6. The van der Waals surface area contributed by atoms with Crippen molar-refractivity contribution in [3.63, 3.8) is 0 Å². The van der Waals surface area contributed by atoms with Gasteiger partial charge in [-0.3, -0.25) is 14.6 Å². The third-order valence-electron chi connectivity index (χ3n) is 7.13. The second-order valence-electron chi connectivity index (χ2n) is 9.54. The molecule has 8 heteroatoms. The minimum atomic E-state index is -0.809. The lowest BCUT2D eigenvalue weighted by atomic mass is 9.85. The van der Waals surface area contributed by atoms with Crippen LogP contribution in [0.2, 0.25) is 0 Å². The number of hydrogen-bond acceptors (Lipinski definition) is 6. The van der Waals surface area contributed by atoms with E-state index in [0.29, 0.717) is 31.7 Å². The van der Waals surface area contributed by atoms with Crippen LogP contribution in [0.25, 0.3) is 0 Å². The highest BCUT2D eigenvalue weighted by atomic mass is 16.5. The Kier molecular flexibility index (Phi) is 7.62. The number of methoxy groups -OCH3 is 2. The molecule has 0 radical (unpaired) electrons. The van der Waals surface area contributed by atoms with Crippen molar-refractivity contribution in [1.82, 2.24) is 14.7 Å². The summed E-state index contributed by atoms with van der Waals surface area (Å²) in [5.41, 5.74) is 2.48. The van der Waals surface area contributed by atoms with Crippen molar-refractivity contribution in [2.45, 2.75) is 31.5 Å². The highest BCUT2D eigenvalue weighted by Gasteiger charge is 2.57. The number of amides is 3. The molecule has 3 amide bonds. The summed E-state index contributed by atoms with van der Waals surface area (Å²) in [5.74, 6) is 0.606. The number of hydrogen-bond donors (Lipinski definition) is 0. The second-order valence-corrected chi connectivity index (χ2v) is 9.54. The Labute approximate surface area is 208 Å². The monoisotopic (exact) mass is 480 g/mol. The molecule has 0 bridgehead atoms. The fraction of sp³-hybridized carbons (Fsp3) is 0.481. The molecule has 0 saturated carbocycles. The molecule has 188 valence electrons. The molecule has 2 heterocycles. The number of rotatable bonds is 9. The number of nitrogens with zero attached hydrogens (tertiary/aromatic N) is 4. The maximum Gasteiger partial charge on any atom is 0.328 e. The van der Waals surface area contributed by atoms with Gasteiger partial charge in [0.1, 0.15) is 11.3 Å². The number of carbonyl (C=O) groups excluding carboxylic acids is 2. The van der Waals surface area contributed by atoms with Gasteiger partial charge >= 0.3 is 6.03 Å². The Morgan fingerprint density at radius 1 is 0.943 bits per heavy atom. The molecule has 0 atom stereocenters. The van der Waals surface area contributed by atoms with Crippen LogP contribution in [-0.4, -0.2) is 86.7 Å². The van der Waals surface area contributed by atoms with Crippen LogP contribution in [0.1, 0.15) is 24.0 Å². The zero-order valence-electron chi connectivity index (χ0n) is 21.2. The van der Waals surface area contributed by atoms with Gasteiger partial charge in [0.05, 0.1) is 20.3 Å². The number of imide groups is 1. The predicted molar refractivity (Wildman–Crippen MR) is 136 cm³/mol. The van der Waals surface area contributed by atoms with Crippen molar-refractivity contribution >= 4 is 17.6 Å². The number of urea groups is 1. The summed E-state index contributed by atoms with van der Waals surface area (Å²) in [6, 6.07) is 15.8. The molecule has 2 fully saturated rings. The Hall–Kier alpha value is -3.10. The molecule has 1 spiro atoms. The first-order chi connectivity index (χ1) is 16.9. The van der Waals surface area contributed by atoms with Gasteiger partial charge in [0.25, 0.3) is 5.91 Å². The average Bonchev–Trinajstić information content (AvgIpc) is 3.05. The summed E-state index contributed by atoms with van der Waals surface area (Å²) >= 11 is 0. The van der Waals surface area contributed by atoms with Crippen LogP contribution < -0.4 is 9.64 Å². The smallest absolute Gasteiger partial charge is 0.328 e. The fourth-order valence-corrected chi connectivity index (χ4v) is 5.12. The second kappa shape index (κ2) is 10.7. The van der Waals surface area contributed by atoms with E-state index in [1.807, 2.05) is 38.4 Å². The van der Waals surface area contributed by atoms with E-state index in [-0.39, 0.29) is 18.5 Å². The molecule has 2 aliphatic heterocycles. The number of benzene rings is 2. The van der Waals surface area contributed by atoms with Crippen molar-refractivity contribution in [1.29, 1.82) is 0 Å². The van der Waals surface area contributed by atoms with Gasteiger partial charge in [-0.15, -0.1) is 0 Å². The van der Waals surface area contributed by atoms with Crippen LogP contribution in [0.15, 0.2) is 48.5 Å². The lowest BCUT2D eigenvalue weighted by Gasteiger charge is -2.42. The van der Waals surface area contributed by atoms with Gasteiger partial charge in [-0.25, -0.2) is 4.79 Å². The van der Waals surface area contributed by atoms with E-state index in [0.717, 1.165) is 25.2 Å². The average molecular weight is 481 g/mol. The Bertz CT molecular complexity index is 1050. The summed E-state index contributed by atoms with van der Waals surface area (Å²) in [6.07, 6.45) is 1.23. The molecule has 2 aliphatic rings. The maximum absolute atomic E-state index is 13.8. The summed E-state index contributed by atoms with van der Waals surface area (Å²) in [4.78, 5) is 34.9. The molecule has 2 aromatic carbocycles. The van der Waals surface area contributed by atoms with E-state index in [2.05, 4.69) is 34.1 Å². The van der Waals surface area contributed by atoms with Gasteiger partial charge in [-0.1, -0.05) is 24.3 Å². The molecule has 4 rings (SSSR count). The van der Waals surface area contributed by atoms with Crippen molar-refractivity contribution in [2.24, 2.45) is 0 Å². The lowest BCUT2D eigenvalue weighted by molar-refractivity contribution is -0.136. The van der Waals surface area contributed by atoms with Crippen molar-refractivity contribution < 1.29 is 19.1 Å². The van der Waals surface area contributed by atoms with E-state index in [9.17, 15) is 9.59 Å². The molecule has 2 saturated heterocycles. The van der Waals surface area contributed by atoms with Crippen LogP contribution >= 0.6 is 0 Å². The third kappa shape index (κ3) is 5.13. The topological polar surface area (TPSA) is 65.6 Å². The van der Waals surface area contributed by atoms with E-state index in [4.69, 9.17) is 9.47 Å². The Balaban J connectivity index is 1.50. The zero-order chi connectivity index (χ0) is 25.0. The third-order valence-corrected chi connectivity index (χ3v) is 7.13. The number of piperidine rings is 1. The molecule has 0 unspecified atom stereocenters. The van der Waals surface area contributed by atoms with Crippen LogP contribution in [-0.2, 0) is 22.6 Å². The lowest BCUT2D eigenvalue weighted by Crippen LogP contribution is -2.57. The van der Waals surface area contributed by atoms with Crippen molar-refractivity contribution in [2.75, 3.05) is 59.5 Å². The van der Waals surface area contributed by atoms with Gasteiger partial charge < -0.3 is 19.3 Å². The fourth-order valence-electron chi connectivity index (χ4n) is 5.12. The molecule has 0 aromatic heterocycles. The van der Waals surface area contributed by atoms with E-state index < -0.39 is 5.54 Å². The molecule has 8 nitrogen and oxygen atoms in total. The molecule has 2 aromatic rings.